The Hall–Kier alpha value is -0.910. The van der Waals surface area contributed by atoms with E-state index in [1.165, 1.54) is 22.0 Å². The smallest absolute Gasteiger partial charge is 0.107 e. The van der Waals surface area contributed by atoms with Gasteiger partial charge in [0.1, 0.15) is 12.7 Å². The van der Waals surface area contributed by atoms with Crippen molar-refractivity contribution in [1.82, 2.24) is 9.44 Å². The Balaban J connectivity index is 1.62. The van der Waals surface area contributed by atoms with Crippen LogP contribution in [0.3, 0.4) is 0 Å². The van der Waals surface area contributed by atoms with E-state index in [-0.39, 0.29) is 0 Å². The molecule has 0 spiro atoms. The SMILES string of the molecule is C1=CN(OCC2CO2)Cc2cnsc21. The monoisotopic (exact) mass is 210 g/mol. The fraction of sp³-hybridized carbons (Fsp3) is 0.444. The molecule has 0 amide bonds. The maximum atomic E-state index is 5.53. The van der Waals surface area contributed by atoms with Gasteiger partial charge in [0, 0.05) is 18.0 Å². The first-order chi connectivity index (χ1) is 6.92. The van der Waals surface area contributed by atoms with E-state index in [1.807, 2.05) is 23.5 Å². The number of hydrogen-bond donors (Lipinski definition) is 0. The quantitative estimate of drug-likeness (QED) is 0.704. The number of rotatable bonds is 3. The Labute approximate surface area is 85.9 Å². The van der Waals surface area contributed by atoms with E-state index < -0.39 is 0 Å². The van der Waals surface area contributed by atoms with Gasteiger partial charge in [0.15, 0.2) is 0 Å². The van der Waals surface area contributed by atoms with Crippen LogP contribution in [0.15, 0.2) is 12.4 Å². The summed E-state index contributed by atoms with van der Waals surface area (Å²) in [7, 11) is 0. The van der Waals surface area contributed by atoms with Crippen LogP contribution in [0.4, 0.5) is 0 Å². The molecule has 0 saturated carbocycles. The summed E-state index contributed by atoms with van der Waals surface area (Å²) in [6.07, 6.45) is 6.19. The number of fused-ring (bicyclic) bond motifs is 1. The molecular weight excluding hydrogens is 200 g/mol. The van der Waals surface area contributed by atoms with Gasteiger partial charge >= 0.3 is 0 Å². The summed E-state index contributed by atoms with van der Waals surface area (Å²) in [6.45, 7) is 2.27. The van der Waals surface area contributed by atoms with E-state index in [0.717, 1.165) is 13.2 Å². The number of epoxide rings is 1. The summed E-state index contributed by atoms with van der Waals surface area (Å²) < 4.78 is 9.20. The molecule has 1 fully saturated rings. The Bertz CT molecular complexity index is 359. The van der Waals surface area contributed by atoms with E-state index in [2.05, 4.69) is 4.37 Å². The number of ether oxygens (including phenoxy) is 1. The van der Waals surface area contributed by atoms with Gasteiger partial charge in [-0.1, -0.05) is 0 Å². The highest BCUT2D eigenvalue weighted by atomic mass is 32.1. The van der Waals surface area contributed by atoms with E-state index in [9.17, 15) is 0 Å². The number of nitrogens with zero attached hydrogens (tertiary/aromatic N) is 2. The lowest BCUT2D eigenvalue weighted by molar-refractivity contribution is -0.131. The van der Waals surface area contributed by atoms with Gasteiger partial charge in [0.25, 0.3) is 0 Å². The average Bonchev–Trinajstić information content (AvgIpc) is 2.92. The third kappa shape index (κ3) is 1.66. The van der Waals surface area contributed by atoms with Crippen LogP contribution in [0.2, 0.25) is 0 Å². The van der Waals surface area contributed by atoms with E-state index in [1.54, 1.807) is 0 Å². The van der Waals surface area contributed by atoms with E-state index in [0.29, 0.717) is 12.7 Å². The van der Waals surface area contributed by atoms with Crippen LogP contribution in [-0.2, 0) is 16.1 Å². The van der Waals surface area contributed by atoms with Crippen LogP contribution < -0.4 is 0 Å². The maximum Gasteiger partial charge on any atom is 0.107 e. The second kappa shape index (κ2) is 3.34. The Morgan fingerprint density at radius 3 is 3.50 bits per heavy atom. The molecule has 1 aromatic heterocycles. The Morgan fingerprint density at radius 1 is 1.71 bits per heavy atom. The van der Waals surface area contributed by atoms with Crippen LogP contribution >= 0.6 is 11.5 Å². The molecular formula is C9H10N2O2S. The van der Waals surface area contributed by atoms with Gasteiger partial charge in [-0.15, -0.1) is 0 Å². The maximum absolute atomic E-state index is 5.53. The van der Waals surface area contributed by atoms with Crippen LogP contribution in [0.5, 0.6) is 0 Å². The lowest BCUT2D eigenvalue weighted by Gasteiger charge is -2.21. The molecule has 3 heterocycles. The zero-order chi connectivity index (χ0) is 9.38. The molecule has 1 aromatic rings. The molecule has 0 radical (unpaired) electrons. The van der Waals surface area contributed by atoms with Crippen LogP contribution in [0, 0.1) is 0 Å². The molecule has 2 aliphatic heterocycles. The molecule has 1 atom stereocenters. The zero-order valence-corrected chi connectivity index (χ0v) is 8.37. The van der Waals surface area contributed by atoms with Gasteiger partial charge in [-0.3, -0.25) is 9.90 Å². The Morgan fingerprint density at radius 2 is 2.64 bits per heavy atom. The van der Waals surface area contributed by atoms with Crippen molar-refractivity contribution in [3.63, 3.8) is 0 Å². The first-order valence-corrected chi connectivity index (χ1v) is 5.32. The molecule has 0 bridgehead atoms. The van der Waals surface area contributed by atoms with Crippen molar-refractivity contribution in [3.05, 3.63) is 22.8 Å². The van der Waals surface area contributed by atoms with Crippen molar-refractivity contribution in [2.45, 2.75) is 12.6 Å². The lowest BCUT2D eigenvalue weighted by Crippen LogP contribution is -2.21. The predicted molar refractivity (Wildman–Crippen MR) is 52.4 cm³/mol. The molecule has 2 aliphatic rings. The van der Waals surface area contributed by atoms with Gasteiger partial charge in [0.05, 0.1) is 18.0 Å². The highest BCUT2D eigenvalue weighted by Gasteiger charge is 2.24. The topological polar surface area (TPSA) is 37.9 Å². The summed E-state index contributed by atoms with van der Waals surface area (Å²) in [5, 5.41) is 1.83. The van der Waals surface area contributed by atoms with Crippen LogP contribution in [0.25, 0.3) is 6.08 Å². The van der Waals surface area contributed by atoms with Gasteiger partial charge in [0.2, 0.25) is 0 Å². The van der Waals surface area contributed by atoms with Crippen molar-refractivity contribution in [3.8, 4) is 0 Å². The van der Waals surface area contributed by atoms with Gasteiger partial charge in [-0.05, 0) is 17.6 Å². The van der Waals surface area contributed by atoms with E-state index >= 15 is 0 Å². The molecule has 0 aliphatic carbocycles. The molecule has 4 nitrogen and oxygen atoms in total. The average molecular weight is 210 g/mol. The molecule has 74 valence electrons. The zero-order valence-electron chi connectivity index (χ0n) is 7.55. The minimum Gasteiger partial charge on any atom is -0.371 e. The van der Waals surface area contributed by atoms with Gasteiger partial charge in [-0.25, -0.2) is 4.37 Å². The first-order valence-electron chi connectivity index (χ1n) is 4.55. The summed E-state index contributed by atoms with van der Waals surface area (Å²) in [4.78, 5) is 6.76. The second-order valence-electron chi connectivity index (χ2n) is 3.36. The molecule has 5 heteroatoms. The molecule has 1 saturated heterocycles. The largest absolute Gasteiger partial charge is 0.371 e. The molecule has 0 N–H and O–H groups in total. The Kier molecular flexibility index (Phi) is 2.01. The van der Waals surface area contributed by atoms with E-state index in [4.69, 9.17) is 9.57 Å². The molecule has 1 unspecified atom stereocenters. The van der Waals surface area contributed by atoms with Crippen molar-refractivity contribution >= 4 is 17.6 Å². The van der Waals surface area contributed by atoms with Gasteiger partial charge in [-0.2, -0.15) is 0 Å². The molecule has 0 aromatic carbocycles. The summed E-state index contributed by atoms with van der Waals surface area (Å²) in [5.74, 6) is 0. The van der Waals surface area contributed by atoms with Crippen molar-refractivity contribution in [1.29, 1.82) is 0 Å². The third-order valence-corrected chi connectivity index (χ3v) is 3.03. The van der Waals surface area contributed by atoms with Crippen molar-refractivity contribution in [2.24, 2.45) is 0 Å². The lowest BCUT2D eigenvalue weighted by atomic mass is 10.2. The fourth-order valence-corrected chi connectivity index (χ4v) is 1.98. The van der Waals surface area contributed by atoms with Crippen LogP contribution in [0.1, 0.15) is 10.4 Å². The summed E-state index contributed by atoms with van der Waals surface area (Å²) in [6, 6.07) is 0. The molecule has 3 rings (SSSR count). The highest BCUT2D eigenvalue weighted by molar-refractivity contribution is 7.06. The van der Waals surface area contributed by atoms with Crippen molar-refractivity contribution < 1.29 is 9.57 Å². The highest BCUT2D eigenvalue weighted by Crippen LogP contribution is 2.23. The van der Waals surface area contributed by atoms with Gasteiger partial charge < -0.3 is 4.74 Å². The normalized spacial score (nSPS) is 23.7. The standard InChI is InChI=1S/C9H10N2O2S/c1-2-11(13-6-8-5-12-8)4-7-3-10-14-9(1)7/h1-3,8H,4-6H2. The second-order valence-corrected chi connectivity index (χ2v) is 4.19. The minimum absolute atomic E-state index is 0.311. The number of hydroxylamine groups is 2. The van der Waals surface area contributed by atoms with Crippen LogP contribution in [-0.4, -0.2) is 28.8 Å². The fourth-order valence-electron chi connectivity index (χ4n) is 1.33. The third-order valence-electron chi connectivity index (χ3n) is 2.22. The first kappa shape index (κ1) is 8.40. The molecule has 14 heavy (non-hydrogen) atoms. The number of hydrogen-bond acceptors (Lipinski definition) is 5. The predicted octanol–water partition coefficient (Wildman–Crippen LogP) is 1.26. The van der Waals surface area contributed by atoms with Crippen molar-refractivity contribution in [2.75, 3.05) is 13.2 Å². The number of aromatic nitrogens is 1. The minimum atomic E-state index is 0.311. The summed E-state index contributed by atoms with van der Waals surface area (Å²) in [5.41, 5.74) is 1.23. The summed E-state index contributed by atoms with van der Waals surface area (Å²) >= 11 is 1.52.